The molecule has 3 aromatic rings. The topological polar surface area (TPSA) is 335 Å². The number of H-pyrrole nitrogens is 1. The molecule has 1 saturated carbocycles. The number of Topliss-reactive ketones (excluding diaryl/α,β-unsaturated/α-hetero) is 7. The van der Waals surface area contributed by atoms with Crippen LogP contribution in [0.2, 0.25) is 0 Å². The molecule has 2 aromatic carbocycles. The normalized spacial score (nSPS) is 13.0. The van der Waals surface area contributed by atoms with Crippen molar-refractivity contribution in [1.82, 2.24) is 20.6 Å². The van der Waals surface area contributed by atoms with E-state index >= 15 is 0 Å². The van der Waals surface area contributed by atoms with Crippen LogP contribution < -0.4 is 10.6 Å². The molecule has 21 nitrogen and oxygen atoms in total. The number of ketones is 14. The predicted molar refractivity (Wildman–Crippen MR) is 549 cm³/mol. The van der Waals surface area contributed by atoms with E-state index in [0.717, 1.165) is 46.3 Å². The minimum absolute atomic E-state index is 0.00328. The third-order valence-corrected chi connectivity index (χ3v) is 18.7. The lowest BCUT2D eigenvalue weighted by Gasteiger charge is -2.20. The molecule has 2 aliphatic rings. The SMILES string of the molecule is C/C(=C/C(=O)NC(C)(C)C)c1ccccc1.CC(C)(C)C(=O)CCC(=O)/C=C/c1ccccc1.CC(C)(C)C(=O)CCC(=O)/C=C/c1ncc[nH]1.CC(C)(C)C(=O)CCC(=O)C=C1COC1.CC(C)(C)NC(=O)/C=C(\C1CC1)C(F)(F)F.CC(C)/C=C/C(=O)CCC(=O)C(C)(C)C.CC(C)=CC(=O)C(=O)C(C)(C)C.CC(C)=CC(=O)C(=O)CC(C)(C)C.CCC/C=C/C(=O)CCC(=O)C(C)(C)C. The van der Waals surface area contributed by atoms with Crippen LogP contribution in [0.5, 0.6) is 0 Å². The number of nitrogens with zero attached hydrogens (tertiary/aromatic N) is 1. The Balaban J connectivity index is -0.000000728. The summed E-state index contributed by atoms with van der Waals surface area (Å²) >= 11 is 0. The monoisotopic (exact) mass is 1910 g/mol. The minimum Gasteiger partial charge on any atom is -0.373 e. The summed E-state index contributed by atoms with van der Waals surface area (Å²) in [6.45, 7) is 66.6. The van der Waals surface area contributed by atoms with Gasteiger partial charge in [-0.3, -0.25) is 76.7 Å². The average Bonchev–Trinajstić information content (AvgIpc) is 1.68. The van der Waals surface area contributed by atoms with Crippen LogP contribution >= 0.6 is 0 Å². The lowest BCUT2D eigenvalue weighted by atomic mass is 9.88. The Labute approximate surface area is 819 Å². The van der Waals surface area contributed by atoms with Crippen LogP contribution in [0.3, 0.4) is 0 Å². The number of hydrogen-bond acceptors (Lipinski definition) is 18. The zero-order valence-electron chi connectivity index (χ0n) is 89.6. The number of imidazole rings is 1. The van der Waals surface area contributed by atoms with Gasteiger partial charge in [0.2, 0.25) is 34.9 Å². The summed E-state index contributed by atoms with van der Waals surface area (Å²) in [6.07, 6.45) is 25.5. The van der Waals surface area contributed by atoms with E-state index in [9.17, 15) is 89.9 Å². The van der Waals surface area contributed by atoms with Crippen molar-refractivity contribution in [3.05, 3.63) is 179 Å². The van der Waals surface area contributed by atoms with Crippen molar-refractivity contribution < 1.29 is 94.6 Å². The molecule has 2 fully saturated rings. The van der Waals surface area contributed by atoms with Gasteiger partial charge in [0.25, 0.3) is 0 Å². The van der Waals surface area contributed by atoms with E-state index in [0.29, 0.717) is 108 Å². The summed E-state index contributed by atoms with van der Waals surface area (Å²) in [5.74, 6) is -0.841. The summed E-state index contributed by atoms with van der Waals surface area (Å²) in [4.78, 5) is 190. The van der Waals surface area contributed by atoms with Crippen molar-refractivity contribution in [2.24, 2.45) is 49.7 Å². The van der Waals surface area contributed by atoms with E-state index in [4.69, 9.17) is 4.74 Å². The molecule has 0 atom stereocenters. The number of carbonyl (C=O) groups excluding carboxylic acids is 16. The molecule has 2 amide bonds. The second-order valence-corrected chi connectivity index (χ2v) is 44.3. The standard InChI is InChI=1S/C16H20O2.C14H19NO.C13H18N2O2.2C13H22O2.C12H18O3.C11H16F3NO.C11H18O2.C10H16O2/c1-16(2,3)15(18)12-11-14(17)10-9-13-7-5-4-6-8-13;1-11(12-8-6-5-7-9-12)10-13(16)15-14(2,3)4;1-13(2,3)11(17)6-4-10(16)5-7-12-14-8-9-15-12;1-10(2)6-7-11(14)8-9-12(15)13(3,4)5;1-5-6-7-8-11(14)9-10-12(15)13(2,3)4;1-12(2,3)11(14)5-4-10(13)6-9-7-15-8-9;1-10(2,3)15-9(16)6-8(7-4-5-7)11(12,13)14;1-8(2)6-9(12)10(13)7-11(3,4)5;1-7(2)6-8(11)9(12)10(3,4)5/h4-10H,11-12H2,1-3H3;5-10H,1-4H3,(H,15,16);5,7-9H,4,6H2,1-3H3,(H,14,15);6-7,10H,8-9H2,1-5H3;7-8H,5-6,9-10H2,1-4H3;6H,4-5,7-8H2,1-3H3;6-7H,4-5H2,1-3H3,(H,15,16);6H,7H2,1-5H3;6H,1-5H3/b10-9+;11-10-;7-5+;7-6+;8-7+;;8-6+;;. The highest BCUT2D eigenvalue weighted by atomic mass is 19.4. The highest BCUT2D eigenvalue weighted by molar-refractivity contribution is 6.43. The number of benzene rings is 2. The molecule has 1 aliphatic heterocycles. The first kappa shape index (κ1) is 133. The zero-order valence-corrected chi connectivity index (χ0v) is 89.6. The Kier molecular flexibility index (Phi) is 61.8. The van der Waals surface area contributed by atoms with Gasteiger partial charge in [-0.1, -0.05) is 263 Å². The van der Waals surface area contributed by atoms with Crippen molar-refractivity contribution in [2.45, 2.75) is 356 Å². The number of rotatable bonds is 34. The molecule has 3 N–H and O–H groups in total. The first-order valence-corrected chi connectivity index (χ1v) is 47.2. The van der Waals surface area contributed by atoms with Gasteiger partial charge in [-0.25, -0.2) is 4.98 Å². The predicted octanol–water partition coefficient (Wildman–Crippen LogP) is 24.9. The molecule has 1 aromatic heterocycles. The van der Waals surface area contributed by atoms with E-state index in [1.54, 1.807) is 110 Å². The van der Waals surface area contributed by atoms with Gasteiger partial charge in [0.1, 0.15) is 34.7 Å². The number of aromatic nitrogens is 2. The summed E-state index contributed by atoms with van der Waals surface area (Å²) in [5, 5.41) is 5.39. The number of hydrogen-bond donors (Lipinski definition) is 3. The van der Waals surface area contributed by atoms with Gasteiger partial charge in [-0.15, -0.1) is 0 Å². The molecule has 0 bridgehead atoms. The molecule has 137 heavy (non-hydrogen) atoms. The maximum atomic E-state index is 12.6. The molecule has 0 unspecified atom stereocenters. The smallest absolute Gasteiger partial charge is 0.373 e. The molecule has 1 saturated heterocycles. The number of ether oxygens (including phenoxy) is 1. The Bertz CT molecular complexity index is 4660. The number of unbranched alkanes of at least 4 members (excludes halogenated alkanes) is 1. The Morgan fingerprint density at radius 2 is 0.810 bits per heavy atom. The van der Waals surface area contributed by atoms with E-state index in [-0.39, 0.29) is 126 Å². The van der Waals surface area contributed by atoms with Crippen LogP contribution in [0.15, 0.2) is 162 Å². The second kappa shape index (κ2) is 63.8. The van der Waals surface area contributed by atoms with Gasteiger partial charge < -0.3 is 20.4 Å². The molecular formula is C113H169F3N4O17. The summed E-state index contributed by atoms with van der Waals surface area (Å²) in [6, 6.07) is 19.5. The van der Waals surface area contributed by atoms with E-state index < -0.39 is 40.3 Å². The quantitative estimate of drug-likeness (QED) is 0.0369. The number of carbonyl (C=O) groups is 16. The van der Waals surface area contributed by atoms with E-state index in [2.05, 4.69) is 27.5 Å². The Morgan fingerprint density at radius 1 is 0.445 bits per heavy atom. The minimum atomic E-state index is -4.39. The van der Waals surface area contributed by atoms with Gasteiger partial charge in [0.05, 0.1) is 13.2 Å². The van der Waals surface area contributed by atoms with Gasteiger partial charge in [0, 0.05) is 144 Å². The molecule has 2 heterocycles. The number of allylic oxidation sites excluding steroid dienone is 13. The lowest BCUT2D eigenvalue weighted by molar-refractivity contribution is -0.138. The van der Waals surface area contributed by atoms with Crippen molar-refractivity contribution in [3.8, 4) is 0 Å². The van der Waals surface area contributed by atoms with Crippen molar-refractivity contribution in [1.29, 1.82) is 0 Å². The number of nitrogens with one attached hydrogen (secondary N) is 3. The van der Waals surface area contributed by atoms with Crippen molar-refractivity contribution in [3.63, 3.8) is 0 Å². The van der Waals surface area contributed by atoms with Gasteiger partial charge in [-0.05, 0) is 184 Å². The molecule has 5 rings (SSSR count). The van der Waals surface area contributed by atoms with Crippen LogP contribution in [0.4, 0.5) is 13.2 Å². The van der Waals surface area contributed by atoms with E-state index in [1.165, 1.54) is 18.2 Å². The number of halogens is 3. The number of aromatic amines is 1. The third-order valence-electron chi connectivity index (χ3n) is 18.7. The average molecular weight is 1910 g/mol. The maximum Gasteiger partial charge on any atom is 0.413 e. The third kappa shape index (κ3) is 75.1. The fourth-order valence-electron chi connectivity index (χ4n) is 10.3. The number of amides is 2. The van der Waals surface area contributed by atoms with Gasteiger partial charge in [-0.2, -0.15) is 13.2 Å². The fourth-order valence-corrected chi connectivity index (χ4v) is 10.3. The molecule has 0 spiro atoms. The summed E-state index contributed by atoms with van der Waals surface area (Å²) in [5.41, 5.74) is 1.99. The summed E-state index contributed by atoms with van der Waals surface area (Å²) in [7, 11) is 0. The van der Waals surface area contributed by atoms with Crippen LogP contribution in [-0.4, -0.2) is 133 Å². The zero-order chi connectivity index (χ0) is 107. The first-order chi connectivity index (χ1) is 62.2. The largest absolute Gasteiger partial charge is 0.413 e. The molecule has 764 valence electrons. The van der Waals surface area contributed by atoms with Crippen LogP contribution in [0, 0.1) is 49.7 Å². The summed E-state index contributed by atoms with van der Waals surface area (Å²) < 4.78 is 42.6. The van der Waals surface area contributed by atoms with E-state index in [1.807, 2.05) is 253 Å². The van der Waals surface area contributed by atoms with Gasteiger partial charge >= 0.3 is 6.18 Å². The Morgan fingerprint density at radius 3 is 1.13 bits per heavy atom. The van der Waals surface area contributed by atoms with Gasteiger partial charge in [0.15, 0.2) is 28.9 Å². The fraction of sp³-hybridized carbons (Fsp3) is 0.566. The lowest BCUT2D eigenvalue weighted by Crippen LogP contribution is -2.40. The Hall–Kier alpha value is -10.6. The van der Waals surface area contributed by atoms with Crippen LogP contribution in [-0.2, 0) is 81.4 Å². The first-order valence-electron chi connectivity index (χ1n) is 47.2. The molecule has 24 heteroatoms. The maximum absolute atomic E-state index is 12.6. The highest BCUT2D eigenvalue weighted by Gasteiger charge is 2.44. The van der Waals surface area contributed by atoms with Crippen LogP contribution in [0.1, 0.15) is 356 Å². The highest BCUT2D eigenvalue weighted by Crippen LogP contribution is 2.44. The number of alkyl halides is 3. The van der Waals surface area contributed by atoms with Crippen molar-refractivity contribution >= 4 is 111 Å². The second-order valence-electron chi connectivity index (χ2n) is 44.3. The van der Waals surface area contributed by atoms with Crippen molar-refractivity contribution in [2.75, 3.05) is 13.2 Å². The molecule has 0 radical (unpaired) electrons. The molecule has 1 aliphatic carbocycles. The molecular weight excluding hydrogens is 1740 g/mol. The van der Waals surface area contributed by atoms with Crippen LogP contribution in [0.25, 0.3) is 17.7 Å².